The maximum absolute atomic E-state index is 13.9. The molecule has 1 aliphatic heterocycles. The maximum atomic E-state index is 13.9. The Morgan fingerprint density at radius 1 is 1.47 bits per heavy atom. The van der Waals surface area contributed by atoms with Crippen LogP contribution in [0.4, 0.5) is 4.39 Å². The van der Waals surface area contributed by atoms with E-state index in [0.29, 0.717) is 6.04 Å². The second-order valence-electron chi connectivity index (χ2n) is 4.68. The third-order valence-electron chi connectivity index (χ3n) is 3.79. The second kappa shape index (κ2) is 5.61. The van der Waals surface area contributed by atoms with E-state index in [1.54, 1.807) is 12.1 Å². The summed E-state index contributed by atoms with van der Waals surface area (Å²) in [6.45, 7) is 4.17. The van der Waals surface area contributed by atoms with E-state index in [4.69, 9.17) is 0 Å². The summed E-state index contributed by atoms with van der Waals surface area (Å²) in [6.07, 6.45) is 2.14. The Kier molecular flexibility index (Phi) is 4.13. The van der Waals surface area contributed by atoms with Crippen molar-refractivity contribution in [3.63, 3.8) is 0 Å². The van der Waals surface area contributed by atoms with Crippen LogP contribution in [0.2, 0.25) is 0 Å². The topological polar surface area (TPSA) is 15.3 Å². The molecule has 0 aliphatic carbocycles. The van der Waals surface area contributed by atoms with Gasteiger partial charge in [-0.05, 0) is 32.5 Å². The normalized spacial score (nSPS) is 26.1. The SMILES string of the molecule is CCN1CC[C@@H](NC)C[C@H]1c1ccccc1F.[HH]. The maximum Gasteiger partial charge on any atom is 0.127 e. The zero-order chi connectivity index (χ0) is 12.3. The fourth-order valence-electron chi connectivity index (χ4n) is 2.72. The van der Waals surface area contributed by atoms with Gasteiger partial charge >= 0.3 is 0 Å². The smallest absolute Gasteiger partial charge is 0.127 e. The van der Waals surface area contributed by atoms with E-state index in [-0.39, 0.29) is 13.3 Å². The zero-order valence-corrected chi connectivity index (χ0v) is 10.6. The highest BCUT2D eigenvalue weighted by Gasteiger charge is 2.29. The third-order valence-corrected chi connectivity index (χ3v) is 3.79. The Morgan fingerprint density at radius 2 is 2.24 bits per heavy atom. The lowest BCUT2D eigenvalue weighted by atomic mass is 9.91. The summed E-state index contributed by atoms with van der Waals surface area (Å²) in [5.41, 5.74) is 0.842. The van der Waals surface area contributed by atoms with E-state index in [2.05, 4.69) is 17.1 Å². The van der Waals surface area contributed by atoms with Crippen LogP contribution >= 0.6 is 0 Å². The van der Waals surface area contributed by atoms with Gasteiger partial charge in [-0.3, -0.25) is 4.90 Å². The number of hydrogen-bond donors (Lipinski definition) is 1. The zero-order valence-electron chi connectivity index (χ0n) is 10.6. The lowest BCUT2D eigenvalue weighted by molar-refractivity contribution is 0.131. The number of benzene rings is 1. The van der Waals surface area contributed by atoms with E-state index in [0.717, 1.165) is 31.5 Å². The molecule has 1 heterocycles. The highest BCUT2D eigenvalue weighted by molar-refractivity contribution is 5.22. The van der Waals surface area contributed by atoms with Gasteiger partial charge in [-0.25, -0.2) is 4.39 Å². The summed E-state index contributed by atoms with van der Waals surface area (Å²) in [5, 5.41) is 3.32. The number of hydrogen-bond acceptors (Lipinski definition) is 2. The standard InChI is InChI=1S/C14H21FN2.H2/c1-3-17-9-8-11(16-2)10-14(17)12-6-4-5-7-13(12)15;/h4-7,11,14,16H,3,8-10H2,1-2H3;1H/t11-,14+;/m1./s1. The number of piperidine rings is 1. The molecule has 1 fully saturated rings. The molecule has 0 unspecified atom stereocenters. The van der Waals surface area contributed by atoms with Crippen LogP contribution in [0.3, 0.4) is 0 Å². The van der Waals surface area contributed by atoms with Crippen LogP contribution < -0.4 is 5.32 Å². The summed E-state index contributed by atoms with van der Waals surface area (Å²) >= 11 is 0. The molecule has 0 aromatic heterocycles. The van der Waals surface area contributed by atoms with Gasteiger partial charge in [0.15, 0.2) is 0 Å². The van der Waals surface area contributed by atoms with Crippen LogP contribution in [0.1, 0.15) is 32.8 Å². The summed E-state index contributed by atoms with van der Waals surface area (Å²) < 4.78 is 13.9. The third kappa shape index (κ3) is 2.67. The Hall–Kier alpha value is -0.930. The van der Waals surface area contributed by atoms with Gasteiger partial charge in [0.05, 0.1) is 0 Å². The van der Waals surface area contributed by atoms with Gasteiger partial charge in [-0.15, -0.1) is 0 Å². The molecule has 0 saturated carbocycles. The van der Waals surface area contributed by atoms with Gasteiger partial charge < -0.3 is 5.32 Å². The van der Waals surface area contributed by atoms with Gasteiger partial charge in [-0.1, -0.05) is 25.1 Å². The Labute approximate surface area is 104 Å². The average Bonchev–Trinajstić information content (AvgIpc) is 2.38. The first-order valence-corrected chi connectivity index (χ1v) is 6.42. The van der Waals surface area contributed by atoms with Crippen LogP contribution in [0.15, 0.2) is 24.3 Å². The predicted octanol–water partition coefficient (Wildman–Crippen LogP) is 2.82. The molecule has 1 saturated heterocycles. The van der Waals surface area contributed by atoms with Crippen molar-refractivity contribution < 1.29 is 5.82 Å². The predicted molar refractivity (Wildman–Crippen MR) is 70.6 cm³/mol. The van der Waals surface area contributed by atoms with Gasteiger partial charge in [0.2, 0.25) is 0 Å². The molecule has 2 atom stereocenters. The van der Waals surface area contributed by atoms with Crippen LogP contribution in [0, 0.1) is 5.82 Å². The Balaban J connectivity index is 0.00000162. The molecule has 0 spiro atoms. The molecule has 96 valence electrons. The minimum absolute atomic E-state index is 0. The lowest BCUT2D eigenvalue weighted by Crippen LogP contribution is -2.43. The first kappa shape index (κ1) is 12.5. The quantitative estimate of drug-likeness (QED) is 0.871. The molecular weight excluding hydrogens is 215 g/mol. The van der Waals surface area contributed by atoms with Crippen molar-refractivity contribution in [3.8, 4) is 0 Å². The van der Waals surface area contributed by atoms with Gasteiger partial charge in [0, 0.05) is 25.6 Å². The highest BCUT2D eigenvalue weighted by Crippen LogP contribution is 2.31. The number of nitrogens with zero attached hydrogens (tertiary/aromatic N) is 1. The lowest BCUT2D eigenvalue weighted by Gasteiger charge is -2.39. The fraction of sp³-hybridized carbons (Fsp3) is 0.571. The molecule has 1 aromatic carbocycles. The van der Waals surface area contributed by atoms with Crippen LogP contribution in [0.25, 0.3) is 0 Å². The summed E-state index contributed by atoms with van der Waals surface area (Å²) in [6, 6.07) is 7.88. The van der Waals surface area contributed by atoms with E-state index in [1.165, 1.54) is 0 Å². The molecule has 3 heteroatoms. The molecule has 1 aromatic rings. The van der Waals surface area contributed by atoms with E-state index in [9.17, 15) is 4.39 Å². The molecule has 1 aliphatic rings. The number of nitrogens with one attached hydrogen (secondary N) is 1. The van der Waals surface area contributed by atoms with Crippen molar-refractivity contribution in [2.24, 2.45) is 0 Å². The Bertz CT molecular complexity index is 373. The van der Waals surface area contributed by atoms with Crippen LogP contribution in [-0.4, -0.2) is 31.1 Å². The Morgan fingerprint density at radius 3 is 2.88 bits per heavy atom. The number of halogens is 1. The molecule has 0 radical (unpaired) electrons. The van der Waals surface area contributed by atoms with Crippen molar-refractivity contribution in [1.82, 2.24) is 10.2 Å². The van der Waals surface area contributed by atoms with Crippen LogP contribution in [0.5, 0.6) is 0 Å². The van der Waals surface area contributed by atoms with Crippen molar-refractivity contribution in [2.75, 3.05) is 20.1 Å². The molecule has 0 bridgehead atoms. The minimum atomic E-state index is -0.0762. The van der Waals surface area contributed by atoms with E-state index >= 15 is 0 Å². The largest absolute Gasteiger partial charge is 0.317 e. The summed E-state index contributed by atoms with van der Waals surface area (Å²) in [7, 11) is 1.99. The van der Waals surface area contributed by atoms with Crippen molar-refractivity contribution in [2.45, 2.75) is 31.8 Å². The first-order valence-electron chi connectivity index (χ1n) is 6.42. The van der Waals surface area contributed by atoms with E-state index < -0.39 is 0 Å². The van der Waals surface area contributed by atoms with E-state index in [1.807, 2.05) is 19.2 Å². The van der Waals surface area contributed by atoms with Crippen molar-refractivity contribution in [1.29, 1.82) is 0 Å². The number of likely N-dealkylation sites (tertiary alicyclic amines) is 1. The summed E-state index contributed by atoms with van der Waals surface area (Å²) in [4.78, 5) is 2.37. The monoisotopic (exact) mass is 238 g/mol. The van der Waals surface area contributed by atoms with Crippen LogP contribution in [-0.2, 0) is 0 Å². The van der Waals surface area contributed by atoms with Gasteiger partial charge in [0.1, 0.15) is 5.82 Å². The molecule has 2 rings (SSSR count). The van der Waals surface area contributed by atoms with Crippen molar-refractivity contribution >= 4 is 0 Å². The molecule has 1 N–H and O–H groups in total. The highest BCUT2D eigenvalue weighted by atomic mass is 19.1. The molecular formula is C14H23FN2. The molecule has 17 heavy (non-hydrogen) atoms. The van der Waals surface area contributed by atoms with Gasteiger partial charge in [0.25, 0.3) is 0 Å². The molecule has 2 nitrogen and oxygen atoms in total. The molecule has 0 amide bonds. The van der Waals surface area contributed by atoms with Gasteiger partial charge in [-0.2, -0.15) is 0 Å². The first-order chi connectivity index (χ1) is 8.26. The number of rotatable bonds is 3. The fourth-order valence-corrected chi connectivity index (χ4v) is 2.72. The second-order valence-corrected chi connectivity index (χ2v) is 4.68. The average molecular weight is 238 g/mol. The minimum Gasteiger partial charge on any atom is -0.317 e. The summed E-state index contributed by atoms with van der Waals surface area (Å²) in [5.74, 6) is -0.0762. The van der Waals surface area contributed by atoms with Crippen molar-refractivity contribution in [3.05, 3.63) is 35.6 Å².